The monoisotopic (exact) mass is 356 g/mol. The van der Waals surface area contributed by atoms with Crippen LogP contribution in [0.4, 0.5) is 0 Å². The van der Waals surface area contributed by atoms with Crippen LogP contribution in [0.5, 0.6) is 5.75 Å². The lowest BCUT2D eigenvalue weighted by molar-refractivity contribution is -0.142. The first-order valence-electron chi connectivity index (χ1n) is 8.75. The molecular weight excluding hydrogens is 332 g/mol. The van der Waals surface area contributed by atoms with Crippen molar-refractivity contribution in [2.24, 2.45) is 0 Å². The van der Waals surface area contributed by atoms with E-state index in [1.807, 2.05) is 31.2 Å². The Labute approximate surface area is 152 Å². The van der Waals surface area contributed by atoms with E-state index in [0.29, 0.717) is 18.7 Å². The Hall–Kier alpha value is -2.83. The number of hydrogen-bond donors (Lipinski definition) is 1. The molecule has 0 bridgehead atoms. The van der Waals surface area contributed by atoms with Crippen molar-refractivity contribution in [1.29, 1.82) is 0 Å². The van der Waals surface area contributed by atoms with Crippen LogP contribution in [0, 0.1) is 6.92 Å². The summed E-state index contributed by atoms with van der Waals surface area (Å²) in [4.78, 5) is 27.0. The number of benzene rings is 1. The maximum absolute atomic E-state index is 12.6. The summed E-state index contributed by atoms with van der Waals surface area (Å²) in [6.45, 7) is 2.84. The van der Waals surface area contributed by atoms with Crippen molar-refractivity contribution in [1.82, 2.24) is 20.0 Å². The number of carbonyl (C=O) groups excluding carboxylic acids is 2. The van der Waals surface area contributed by atoms with Gasteiger partial charge in [0.25, 0.3) is 5.91 Å². The van der Waals surface area contributed by atoms with E-state index in [1.54, 1.807) is 35.1 Å². The molecule has 1 aliphatic rings. The molecular formula is C19H24N4O3. The van der Waals surface area contributed by atoms with Crippen molar-refractivity contribution < 1.29 is 14.3 Å². The standard InChI is InChI=1S/C19H24N4O3/c1-15-5-7-16(8-6-15)26-13-17(24)22-11-3-9-19(14-22,18(25)20-2)23-12-4-10-21-23/h4-8,10,12H,3,9,11,13-14H2,1-2H3,(H,20,25). The lowest BCUT2D eigenvalue weighted by Crippen LogP contribution is -2.59. The van der Waals surface area contributed by atoms with E-state index in [9.17, 15) is 9.59 Å². The summed E-state index contributed by atoms with van der Waals surface area (Å²) in [7, 11) is 1.61. The van der Waals surface area contributed by atoms with Gasteiger partial charge in [-0.25, -0.2) is 0 Å². The van der Waals surface area contributed by atoms with E-state index in [-0.39, 0.29) is 25.0 Å². The molecule has 1 unspecified atom stereocenters. The fourth-order valence-electron chi connectivity index (χ4n) is 3.35. The zero-order chi connectivity index (χ0) is 18.6. The van der Waals surface area contributed by atoms with Gasteiger partial charge in [-0.05, 0) is 38.0 Å². The normalized spacial score (nSPS) is 19.8. The molecule has 1 atom stereocenters. The number of aryl methyl sites for hydroxylation is 1. The Morgan fingerprint density at radius 2 is 2.08 bits per heavy atom. The van der Waals surface area contributed by atoms with Crippen molar-refractivity contribution in [3.8, 4) is 5.75 Å². The van der Waals surface area contributed by atoms with Crippen molar-refractivity contribution in [2.45, 2.75) is 25.3 Å². The van der Waals surface area contributed by atoms with Crippen LogP contribution >= 0.6 is 0 Å². The molecule has 1 aliphatic heterocycles. The number of ether oxygens (including phenoxy) is 1. The molecule has 138 valence electrons. The molecule has 26 heavy (non-hydrogen) atoms. The molecule has 1 fully saturated rings. The first kappa shape index (κ1) is 18.0. The molecule has 0 saturated carbocycles. The second kappa shape index (κ2) is 7.59. The minimum Gasteiger partial charge on any atom is -0.484 e. The molecule has 1 aromatic carbocycles. The molecule has 1 saturated heterocycles. The summed E-state index contributed by atoms with van der Waals surface area (Å²) in [5, 5.41) is 6.98. The number of rotatable bonds is 5. The Morgan fingerprint density at radius 3 is 2.73 bits per heavy atom. The van der Waals surface area contributed by atoms with Crippen molar-refractivity contribution in [2.75, 3.05) is 26.7 Å². The lowest BCUT2D eigenvalue weighted by Gasteiger charge is -2.41. The molecule has 2 amide bonds. The highest BCUT2D eigenvalue weighted by Gasteiger charge is 2.45. The largest absolute Gasteiger partial charge is 0.484 e. The Balaban J connectivity index is 1.71. The highest BCUT2D eigenvalue weighted by Crippen LogP contribution is 2.29. The van der Waals surface area contributed by atoms with Crippen LogP contribution in [0.2, 0.25) is 0 Å². The number of aromatic nitrogens is 2. The average molecular weight is 356 g/mol. The van der Waals surface area contributed by atoms with E-state index in [0.717, 1.165) is 12.0 Å². The van der Waals surface area contributed by atoms with Gasteiger partial charge in [0.1, 0.15) is 5.75 Å². The van der Waals surface area contributed by atoms with E-state index in [2.05, 4.69) is 10.4 Å². The maximum atomic E-state index is 12.6. The van der Waals surface area contributed by atoms with Crippen molar-refractivity contribution in [3.05, 3.63) is 48.3 Å². The van der Waals surface area contributed by atoms with Crippen LogP contribution in [0.1, 0.15) is 18.4 Å². The van der Waals surface area contributed by atoms with Crippen LogP contribution in [-0.4, -0.2) is 53.2 Å². The maximum Gasteiger partial charge on any atom is 0.260 e. The molecule has 7 nitrogen and oxygen atoms in total. The second-order valence-electron chi connectivity index (χ2n) is 6.58. The Morgan fingerprint density at radius 1 is 1.31 bits per heavy atom. The SMILES string of the molecule is CNC(=O)C1(n2cccn2)CCCN(C(=O)COc2ccc(C)cc2)C1. The van der Waals surface area contributed by atoms with Crippen LogP contribution in [0.25, 0.3) is 0 Å². The summed E-state index contributed by atoms with van der Waals surface area (Å²) in [6.07, 6.45) is 4.78. The summed E-state index contributed by atoms with van der Waals surface area (Å²) < 4.78 is 7.27. The van der Waals surface area contributed by atoms with Gasteiger partial charge in [-0.15, -0.1) is 0 Å². The first-order valence-corrected chi connectivity index (χ1v) is 8.75. The lowest BCUT2D eigenvalue weighted by atomic mass is 9.88. The quantitative estimate of drug-likeness (QED) is 0.877. The number of likely N-dealkylation sites (tertiary alicyclic amines) is 1. The van der Waals surface area contributed by atoms with Crippen molar-refractivity contribution >= 4 is 11.8 Å². The van der Waals surface area contributed by atoms with Crippen molar-refractivity contribution in [3.63, 3.8) is 0 Å². The number of hydrogen-bond acceptors (Lipinski definition) is 4. The number of nitrogens with zero attached hydrogens (tertiary/aromatic N) is 3. The molecule has 7 heteroatoms. The molecule has 3 rings (SSSR count). The predicted octanol–water partition coefficient (Wildman–Crippen LogP) is 1.33. The number of nitrogens with one attached hydrogen (secondary N) is 1. The molecule has 1 N–H and O–H groups in total. The Kier molecular flexibility index (Phi) is 5.25. The zero-order valence-corrected chi connectivity index (χ0v) is 15.1. The van der Waals surface area contributed by atoms with Gasteiger partial charge in [-0.2, -0.15) is 5.10 Å². The smallest absolute Gasteiger partial charge is 0.260 e. The average Bonchev–Trinajstić information content (AvgIpc) is 3.22. The summed E-state index contributed by atoms with van der Waals surface area (Å²) in [5.41, 5.74) is 0.255. The second-order valence-corrected chi connectivity index (χ2v) is 6.58. The van der Waals surface area contributed by atoms with E-state index < -0.39 is 5.54 Å². The summed E-state index contributed by atoms with van der Waals surface area (Å²) in [5.74, 6) is 0.384. The van der Waals surface area contributed by atoms with Gasteiger partial charge in [0.05, 0.1) is 6.54 Å². The topological polar surface area (TPSA) is 76.5 Å². The van der Waals surface area contributed by atoms with Crippen LogP contribution in [-0.2, 0) is 15.1 Å². The van der Waals surface area contributed by atoms with E-state index in [4.69, 9.17) is 4.74 Å². The molecule has 2 aromatic rings. The number of likely N-dealkylation sites (N-methyl/N-ethyl adjacent to an activating group) is 1. The van der Waals surface area contributed by atoms with E-state index >= 15 is 0 Å². The van der Waals surface area contributed by atoms with Gasteiger partial charge in [0.15, 0.2) is 12.1 Å². The van der Waals surface area contributed by atoms with Gasteiger partial charge < -0.3 is 15.0 Å². The van der Waals surface area contributed by atoms with E-state index in [1.165, 1.54) is 0 Å². The minimum atomic E-state index is -0.879. The molecule has 0 aliphatic carbocycles. The fraction of sp³-hybridized carbons (Fsp3) is 0.421. The number of amides is 2. The molecule has 2 heterocycles. The highest BCUT2D eigenvalue weighted by molar-refractivity contribution is 5.86. The van der Waals surface area contributed by atoms with Crippen LogP contribution in [0.3, 0.4) is 0 Å². The zero-order valence-electron chi connectivity index (χ0n) is 15.1. The molecule has 0 radical (unpaired) electrons. The summed E-state index contributed by atoms with van der Waals surface area (Å²) >= 11 is 0. The van der Waals surface area contributed by atoms with Gasteiger partial charge >= 0.3 is 0 Å². The van der Waals surface area contributed by atoms with Gasteiger partial charge in [-0.1, -0.05) is 17.7 Å². The van der Waals surface area contributed by atoms with Crippen LogP contribution < -0.4 is 10.1 Å². The highest BCUT2D eigenvalue weighted by atomic mass is 16.5. The Bertz CT molecular complexity index is 758. The molecule has 0 spiro atoms. The minimum absolute atomic E-state index is 0.0496. The summed E-state index contributed by atoms with van der Waals surface area (Å²) in [6, 6.07) is 9.35. The van der Waals surface area contributed by atoms with Gasteiger partial charge in [0, 0.05) is 26.0 Å². The molecule has 1 aromatic heterocycles. The predicted molar refractivity (Wildman–Crippen MR) is 96.8 cm³/mol. The third kappa shape index (κ3) is 3.56. The third-order valence-electron chi connectivity index (χ3n) is 4.80. The van der Waals surface area contributed by atoms with Crippen LogP contribution in [0.15, 0.2) is 42.7 Å². The van der Waals surface area contributed by atoms with Gasteiger partial charge in [-0.3, -0.25) is 14.3 Å². The number of piperidine rings is 1. The van der Waals surface area contributed by atoms with Gasteiger partial charge in [0.2, 0.25) is 5.91 Å². The fourth-order valence-corrected chi connectivity index (χ4v) is 3.35. The first-order chi connectivity index (χ1) is 12.5. The number of carbonyl (C=O) groups is 2. The third-order valence-corrected chi connectivity index (χ3v) is 4.80.